The van der Waals surface area contributed by atoms with Gasteiger partial charge in [-0.2, -0.15) is 5.26 Å². The Labute approximate surface area is 110 Å². The zero-order valence-corrected chi connectivity index (χ0v) is 11.4. The summed E-state index contributed by atoms with van der Waals surface area (Å²) in [7, 11) is 0. The highest BCUT2D eigenvalue weighted by atomic mass is 14.6. The van der Waals surface area contributed by atoms with E-state index in [-0.39, 0.29) is 5.41 Å². The van der Waals surface area contributed by atoms with Gasteiger partial charge in [-0.3, -0.25) is 0 Å². The molecule has 0 aromatic heterocycles. The molecule has 0 spiro atoms. The van der Waals surface area contributed by atoms with Crippen LogP contribution in [-0.2, 0) is 5.41 Å². The maximum atomic E-state index is 9.21. The van der Waals surface area contributed by atoms with E-state index in [4.69, 9.17) is 5.73 Å². The molecular formula is C16H22N2. The maximum Gasteiger partial charge on any atom is 0.0994 e. The molecule has 1 aromatic carbocycles. The standard InChI is InChI=1S/C16H22N2/c1-12-8-13(2)15(9-14(12)10-17)16(11-18)6-4-3-5-7-16/h8-9H,3-7,11,18H2,1-2H3. The van der Waals surface area contributed by atoms with Gasteiger partial charge in [0.25, 0.3) is 0 Å². The van der Waals surface area contributed by atoms with E-state index in [2.05, 4.69) is 25.1 Å². The van der Waals surface area contributed by atoms with Gasteiger partial charge in [-0.25, -0.2) is 0 Å². The van der Waals surface area contributed by atoms with Gasteiger partial charge in [0.05, 0.1) is 11.6 Å². The van der Waals surface area contributed by atoms with E-state index >= 15 is 0 Å². The van der Waals surface area contributed by atoms with Crippen LogP contribution < -0.4 is 5.73 Å². The zero-order chi connectivity index (χ0) is 13.2. The third kappa shape index (κ3) is 2.15. The molecule has 0 unspecified atom stereocenters. The van der Waals surface area contributed by atoms with Crippen LogP contribution in [-0.4, -0.2) is 6.54 Å². The molecule has 2 N–H and O–H groups in total. The molecule has 2 heteroatoms. The monoisotopic (exact) mass is 242 g/mol. The van der Waals surface area contributed by atoms with E-state index in [0.717, 1.165) is 24.0 Å². The van der Waals surface area contributed by atoms with Crippen molar-refractivity contribution in [2.45, 2.75) is 51.4 Å². The third-order valence-corrected chi connectivity index (χ3v) is 4.46. The van der Waals surface area contributed by atoms with Crippen molar-refractivity contribution in [2.24, 2.45) is 5.73 Å². The Morgan fingerprint density at radius 2 is 1.83 bits per heavy atom. The number of nitrogens with two attached hydrogens (primary N) is 1. The molecule has 0 bridgehead atoms. The van der Waals surface area contributed by atoms with E-state index in [9.17, 15) is 5.26 Å². The zero-order valence-electron chi connectivity index (χ0n) is 11.4. The van der Waals surface area contributed by atoms with Crippen molar-refractivity contribution in [3.8, 4) is 6.07 Å². The fourth-order valence-corrected chi connectivity index (χ4v) is 3.36. The van der Waals surface area contributed by atoms with Crippen LogP contribution in [0.1, 0.15) is 54.4 Å². The minimum absolute atomic E-state index is 0.113. The van der Waals surface area contributed by atoms with Gasteiger partial charge in [-0.05, 0) is 49.4 Å². The number of nitrogens with zero attached hydrogens (tertiary/aromatic N) is 1. The van der Waals surface area contributed by atoms with E-state index in [1.807, 2.05) is 6.92 Å². The Balaban J connectivity index is 2.51. The molecule has 0 heterocycles. The fraction of sp³-hybridized carbons (Fsp3) is 0.562. The predicted octanol–water partition coefficient (Wildman–Crippen LogP) is 3.34. The molecule has 0 aliphatic heterocycles. The number of hydrogen-bond acceptors (Lipinski definition) is 2. The number of hydrogen-bond donors (Lipinski definition) is 1. The summed E-state index contributed by atoms with van der Waals surface area (Å²) >= 11 is 0. The second kappa shape index (κ2) is 5.12. The molecule has 1 saturated carbocycles. The lowest BCUT2D eigenvalue weighted by Gasteiger charge is -2.38. The minimum atomic E-state index is 0.113. The summed E-state index contributed by atoms with van der Waals surface area (Å²) in [6.07, 6.45) is 6.16. The second-order valence-electron chi connectivity index (χ2n) is 5.64. The van der Waals surface area contributed by atoms with E-state index in [1.165, 1.54) is 30.4 Å². The molecule has 2 nitrogen and oxygen atoms in total. The van der Waals surface area contributed by atoms with Crippen LogP contribution in [0.3, 0.4) is 0 Å². The van der Waals surface area contributed by atoms with Crippen molar-refractivity contribution in [2.75, 3.05) is 6.54 Å². The molecular weight excluding hydrogens is 220 g/mol. The van der Waals surface area contributed by atoms with Gasteiger partial charge < -0.3 is 5.73 Å². The highest BCUT2D eigenvalue weighted by Gasteiger charge is 2.34. The third-order valence-electron chi connectivity index (χ3n) is 4.46. The summed E-state index contributed by atoms with van der Waals surface area (Å²) < 4.78 is 0. The molecule has 0 saturated heterocycles. The molecule has 1 fully saturated rings. The average molecular weight is 242 g/mol. The average Bonchev–Trinajstić information content (AvgIpc) is 2.39. The van der Waals surface area contributed by atoms with Gasteiger partial charge in [0, 0.05) is 12.0 Å². The highest BCUT2D eigenvalue weighted by Crippen LogP contribution is 2.40. The van der Waals surface area contributed by atoms with Gasteiger partial charge in [0.15, 0.2) is 0 Å². The summed E-state index contributed by atoms with van der Waals surface area (Å²) in [5.74, 6) is 0. The minimum Gasteiger partial charge on any atom is -0.330 e. The first-order valence-electron chi connectivity index (χ1n) is 6.85. The topological polar surface area (TPSA) is 49.8 Å². The molecule has 0 amide bonds. The first-order valence-corrected chi connectivity index (χ1v) is 6.85. The molecule has 1 aliphatic carbocycles. The van der Waals surface area contributed by atoms with Crippen molar-refractivity contribution in [1.29, 1.82) is 5.26 Å². The van der Waals surface area contributed by atoms with Crippen LogP contribution in [0.4, 0.5) is 0 Å². The number of aryl methyl sites for hydroxylation is 2. The summed E-state index contributed by atoms with van der Waals surface area (Å²) in [4.78, 5) is 0. The van der Waals surface area contributed by atoms with E-state index in [1.54, 1.807) is 0 Å². The quantitative estimate of drug-likeness (QED) is 0.864. The SMILES string of the molecule is Cc1cc(C)c(C2(CN)CCCCC2)cc1C#N. The van der Waals surface area contributed by atoms with Crippen molar-refractivity contribution >= 4 is 0 Å². The molecule has 2 rings (SSSR count). The smallest absolute Gasteiger partial charge is 0.0994 e. The maximum absolute atomic E-state index is 9.21. The first kappa shape index (κ1) is 13.1. The molecule has 1 aliphatic rings. The molecule has 18 heavy (non-hydrogen) atoms. The van der Waals surface area contributed by atoms with Crippen LogP contribution >= 0.6 is 0 Å². The van der Waals surface area contributed by atoms with E-state index < -0.39 is 0 Å². The molecule has 96 valence electrons. The largest absolute Gasteiger partial charge is 0.330 e. The van der Waals surface area contributed by atoms with Gasteiger partial charge in [-0.15, -0.1) is 0 Å². The summed E-state index contributed by atoms with van der Waals surface area (Å²) in [5.41, 5.74) is 10.7. The lowest BCUT2D eigenvalue weighted by molar-refractivity contribution is 0.299. The number of rotatable bonds is 2. The Morgan fingerprint density at radius 1 is 1.17 bits per heavy atom. The van der Waals surface area contributed by atoms with Crippen LogP contribution in [0.15, 0.2) is 12.1 Å². The van der Waals surface area contributed by atoms with Crippen LogP contribution in [0, 0.1) is 25.2 Å². The van der Waals surface area contributed by atoms with Crippen LogP contribution in [0.25, 0.3) is 0 Å². The van der Waals surface area contributed by atoms with Gasteiger partial charge in [0.2, 0.25) is 0 Å². The summed E-state index contributed by atoms with van der Waals surface area (Å²) in [6.45, 7) is 4.85. The van der Waals surface area contributed by atoms with Crippen LogP contribution in [0.2, 0.25) is 0 Å². The molecule has 0 radical (unpaired) electrons. The van der Waals surface area contributed by atoms with Crippen molar-refractivity contribution < 1.29 is 0 Å². The lowest BCUT2D eigenvalue weighted by Crippen LogP contribution is -2.37. The molecule has 0 atom stereocenters. The first-order chi connectivity index (χ1) is 8.63. The normalized spacial score (nSPS) is 18.3. The predicted molar refractivity (Wildman–Crippen MR) is 74.4 cm³/mol. The van der Waals surface area contributed by atoms with E-state index in [0.29, 0.717) is 6.54 Å². The van der Waals surface area contributed by atoms with Gasteiger partial charge >= 0.3 is 0 Å². The Bertz CT molecular complexity index is 477. The fourth-order valence-electron chi connectivity index (χ4n) is 3.36. The van der Waals surface area contributed by atoms with Crippen molar-refractivity contribution in [3.63, 3.8) is 0 Å². The van der Waals surface area contributed by atoms with Gasteiger partial charge in [0.1, 0.15) is 0 Å². The number of benzene rings is 1. The van der Waals surface area contributed by atoms with Crippen LogP contribution in [0.5, 0.6) is 0 Å². The Kier molecular flexibility index (Phi) is 3.73. The molecule has 1 aromatic rings. The van der Waals surface area contributed by atoms with Crippen molar-refractivity contribution in [1.82, 2.24) is 0 Å². The van der Waals surface area contributed by atoms with Crippen molar-refractivity contribution in [3.05, 3.63) is 34.4 Å². The summed E-state index contributed by atoms with van der Waals surface area (Å²) in [6, 6.07) is 6.53. The van der Waals surface area contributed by atoms with Gasteiger partial charge in [-0.1, -0.05) is 25.3 Å². The number of nitriles is 1. The second-order valence-corrected chi connectivity index (χ2v) is 5.64. The highest BCUT2D eigenvalue weighted by molar-refractivity contribution is 5.47. The Morgan fingerprint density at radius 3 is 2.39 bits per heavy atom. The Hall–Kier alpha value is -1.33. The lowest BCUT2D eigenvalue weighted by atomic mass is 9.68. The summed E-state index contributed by atoms with van der Waals surface area (Å²) in [5, 5.41) is 9.21.